The highest BCUT2D eigenvalue weighted by Crippen LogP contribution is 2.37. The van der Waals surface area contributed by atoms with Crippen LogP contribution in [-0.4, -0.2) is 42.5 Å². The molecule has 1 atom stereocenters. The normalized spacial score (nSPS) is 11.5. The Morgan fingerprint density at radius 3 is 2.16 bits per heavy atom. The van der Waals surface area contributed by atoms with Gasteiger partial charge in [-0.2, -0.15) is 0 Å². The van der Waals surface area contributed by atoms with Crippen molar-refractivity contribution in [3.63, 3.8) is 0 Å². The van der Waals surface area contributed by atoms with Crippen LogP contribution in [0.15, 0.2) is 138 Å². The third kappa shape index (κ3) is 9.87. The molecule has 0 aliphatic heterocycles. The molecule has 0 spiro atoms. The van der Waals surface area contributed by atoms with Crippen LogP contribution in [0.3, 0.4) is 0 Å². The molecular weight excluding hydrogens is 667 g/mol. The summed E-state index contributed by atoms with van der Waals surface area (Å²) in [5.41, 5.74) is 2.80. The van der Waals surface area contributed by atoms with Gasteiger partial charge in [-0.15, -0.1) is 11.8 Å². The highest BCUT2D eigenvalue weighted by Gasteiger charge is 2.23. The first-order chi connectivity index (χ1) is 24.7. The number of benzene rings is 5. The number of thioether (sulfide) groups is 1. The lowest BCUT2D eigenvalue weighted by atomic mass is 10.1. The Bertz CT molecular complexity index is 2040. The third-order valence-corrected chi connectivity index (χ3v) is 8.64. The van der Waals surface area contributed by atoms with Crippen molar-refractivity contribution in [3.8, 4) is 11.5 Å². The van der Waals surface area contributed by atoms with E-state index in [-0.39, 0.29) is 24.0 Å². The molecule has 0 aliphatic rings. The summed E-state index contributed by atoms with van der Waals surface area (Å²) in [6.45, 7) is 1.99. The zero-order valence-corrected chi connectivity index (χ0v) is 28.6. The maximum atomic E-state index is 13.7. The average molecular weight is 702 g/mol. The summed E-state index contributed by atoms with van der Waals surface area (Å²) in [5.74, 6) is -1.56. The van der Waals surface area contributed by atoms with E-state index in [1.165, 1.54) is 37.1 Å². The molecule has 0 aromatic heterocycles. The van der Waals surface area contributed by atoms with Gasteiger partial charge in [0.15, 0.2) is 0 Å². The van der Waals surface area contributed by atoms with Gasteiger partial charge in [0.1, 0.15) is 22.4 Å². The van der Waals surface area contributed by atoms with Crippen LogP contribution in [0.5, 0.6) is 11.5 Å². The lowest BCUT2D eigenvalue weighted by Gasteiger charge is -2.18. The first kappa shape index (κ1) is 36.0. The van der Waals surface area contributed by atoms with Crippen molar-refractivity contribution in [3.05, 3.63) is 155 Å². The molecule has 258 valence electrons. The van der Waals surface area contributed by atoms with Crippen molar-refractivity contribution in [1.29, 1.82) is 0 Å². The number of amides is 3. The number of ether oxygens (including phenoxy) is 2. The number of aromatic hydroxyl groups is 1. The second-order valence-corrected chi connectivity index (χ2v) is 12.2. The van der Waals surface area contributed by atoms with E-state index in [0.29, 0.717) is 38.7 Å². The van der Waals surface area contributed by atoms with Crippen LogP contribution in [0.1, 0.15) is 44.0 Å². The van der Waals surface area contributed by atoms with Gasteiger partial charge in [-0.25, -0.2) is 4.79 Å². The Balaban J connectivity index is 1.37. The lowest BCUT2D eigenvalue weighted by Crippen LogP contribution is -2.30. The van der Waals surface area contributed by atoms with E-state index in [1.54, 1.807) is 85.8 Å². The van der Waals surface area contributed by atoms with Gasteiger partial charge in [-0.1, -0.05) is 54.6 Å². The summed E-state index contributed by atoms with van der Waals surface area (Å²) in [5, 5.41) is 17.7. The van der Waals surface area contributed by atoms with Crippen LogP contribution >= 0.6 is 11.8 Å². The summed E-state index contributed by atoms with van der Waals surface area (Å²) < 4.78 is 10.4. The maximum absolute atomic E-state index is 13.7. The number of anilines is 2. The van der Waals surface area contributed by atoms with Gasteiger partial charge in [-0.3, -0.25) is 14.4 Å². The summed E-state index contributed by atoms with van der Waals surface area (Å²) in [6.07, 6.45) is 1.46. The van der Waals surface area contributed by atoms with Crippen LogP contribution in [0.2, 0.25) is 0 Å². The Kier molecular flexibility index (Phi) is 12.2. The van der Waals surface area contributed by atoms with Gasteiger partial charge >= 0.3 is 5.97 Å². The predicted octanol–water partition coefficient (Wildman–Crippen LogP) is 7.46. The van der Waals surface area contributed by atoms with E-state index in [0.717, 1.165) is 5.56 Å². The summed E-state index contributed by atoms with van der Waals surface area (Å²) in [7, 11) is 1.43. The summed E-state index contributed by atoms with van der Waals surface area (Å²) >= 11 is 1.29. The number of phenols is 1. The first-order valence-corrected chi connectivity index (χ1v) is 16.8. The zero-order valence-electron chi connectivity index (χ0n) is 27.8. The Hall–Kier alpha value is -6.33. The largest absolute Gasteiger partial charge is 0.508 e. The highest BCUT2D eigenvalue weighted by molar-refractivity contribution is 8.00. The molecule has 0 saturated heterocycles. The fourth-order valence-electron chi connectivity index (χ4n) is 4.91. The van der Waals surface area contributed by atoms with Crippen LogP contribution < -0.4 is 20.7 Å². The molecule has 51 heavy (non-hydrogen) atoms. The van der Waals surface area contributed by atoms with Crippen molar-refractivity contribution in [2.75, 3.05) is 24.4 Å². The number of rotatable bonds is 13. The monoisotopic (exact) mass is 701 g/mol. The minimum absolute atomic E-state index is 0.0213. The fourth-order valence-corrected chi connectivity index (χ4v) is 5.99. The Morgan fingerprint density at radius 1 is 0.765 bits per heavy atom. The van der Waals surface area contributed by atoms with Crippen LogP contribution in [-0.2, 0) is 14.3 Å². The molecule has 0 radical (unpaired) electrons. The molecule has 4 N–H and O–H groups in total. The number of hydrogen-bond acceptors (Lipinski definition) is 8. The molecule has 0 saturated carbocycles. The first-order valence-electron chi connectivity index (χ1n) is 15.9. The molecule has 10 nitrogen and oxygen atoms in total. The van der Waals surface area contributed by atoms with E-state index in [2.05, 4.69) is 16.0 Å². The second kappa shape index (κ2) is 17.4. The molecule has 5 rings (SSSR count). The lowest BCUT2D eigenvalue weighted by molar-refractivity contribution is -0.116. The van der Waals surface area contributed by atoms with Gasteiger partial charge in [0.05, 0.1) is 19.3 Å². The number of phenolic OH excluding ortho intramolecular Hbond substituents is 1. The quantitative estimate of drug-likeness (QED) is 0.0563. The van der Waals surface area contributed by atoms with E-state index in [9.17, 15) is 24.3 Å². The van der Waals surface area contributed by atoms with Gasteiger partial charge in [0.25, 0.3) is 11.8 Å². The molecule has 0 heterocycles. The average Bonchev–Trinajstić information content (AvgIpc) is 3.15. The van der Waals surface area contributed by atoms with Crippen molar-refractivity contribution >= 4 is 52.9 Å². The van der Waals surface area contributed by atoms with E-state index >= 15 is 0 Å². The SMILES string of the molecule is CCOC(=O)c1ccc(NC(=O)C(Sc2cccc(NC(=O)/C(=C\c3ccc(O)cc3OC)NC(=O)c3ccccc3)c2)c2ccccc2)cc1. The van der Waals surface area contributed by atoms with Gasteiger partial charge < -0.3 is 30.5 Å². The summed E-state index contributed by atoms with van der Waals surface area (Å²) in [4.78, 5) is 53.3. The maximum Gasteiger partial charge on any atom is 0.338 e. The molecule has 11 heteroatoms. The fraction of sp³-hybridized carbons (Fsp3) is 0.100. The van der Waals surface area contributed by atoms with E-state index in [4.69, 9.17) is 9.47 Å². The predicted molar refractivity (Wildman–Crippen MR) is 198 cm³/mol. The smallest absolute Gasteiger partial charge is 0.338 e. The molecule has 0 aliphatic carbocycles. The topological polar surface area (TPSA) is 143 Å². The molecule has 5 aromatic rings. The molecule has 0 bridgehead atoms. The van der Waals surface area contributed by atoms with Gasteiger partial charge in [0, 0.05) is 33.5 Å². The molecule has 1 unspecified atom stereocenters. The van der Waals surface area contributed by atoms with Crippen molar-refractivity contribution in [1.82, 2.24) is 5.32 Å². The third-order valence-electron chi connectivity index (χ3n) is 7.40. The molecule has 5 aromatic carbocycles. The van der Waals surface area contributed by atoms with E-state index < -0.39 is 23.0 Å². The van der Waals surface area contributed by atoms with Crippen LogP contribution in [0.4, 0.5) is 11.4 Å². The summed E-state index contributed by atoms with van der Waals surface area (Å²) in [6, 6.07) is 35.6. The Morgan fingerprint density at radius 2 is 1.47 bits per heavy atom. The van der Waals surface area contributed by atoms with Gasteiger partial charge in [-0.05, 0) is 85.3 Å². The van der Waals surface area contributed by atoms with Crippen LogP contribution in [0.25, 0.3) is 6.08 Å². The van der Waals surface area contributed by atoms with Crippen LogP contribution in [0, 0.1) is 0 Å². The molecule has 3 amide bonds. The second-order valence-electron chi connectivity index (χ2n) is 11.0. The molecular formula is C40H35N3O7S. The van der Waals surface area contributed by atoms with E-state index in [1.807, 2.05) is 36.4 Å². The number of esters is 1. The number of nitrogens with one attached hydrogen (secondary N) is 3. The minimum Gasteiger partial charge on any atom is -0.508 e. The number of carbonyl (C=O) groups excluding carboxylic acids is 4. The number of carbonyl (C=O) groups is 4. The Labute approximate surface area is 299 Å². The number of hydrogen-bond donors (Lipinski definition) is 4. The van der Waals surface area contributed by atoms with Crippen molar-refractivity contribution < 1.29 is 33.8 Å². The van der Waals surface area contributed by atoms with Crippen molar-refractivity contribution in [2.24, 2.45) is 0 Å². The standard InChI is InChI=1S/C40H35N3O7S/c1-3-50-40(48)28-17-20-30(21-18-28)41-39(47)36(26-11-6-4-7-12-26)51-33-16-10-15-31(24-33)42-38(46)34(43-37(45)27-13-8-5-9-14-27)23-29-19-22-32(44)25-35(29)49-2/h4-25,36,44H,3H2,1-2H3,(H,41,47)(H,42,46)(H,43,45)/b34-23+. The highest BCUT2D eigenvalue weighted by atomic mass is 32.2. The molecule has 0 fully saturated rings. The minimum atomic E-state index is -0.676. The van der Waals surface area contributed by atoms with Gasteiger partial charge in [0.2, 0.25) is 5.91 Å². The van der Waals surface area contributed by atoms with Crippen molar-refractivity contribution in [2.45, 2.75) is 17.1 Å². The number of methoxy groups -OCH3 is 1. The zero-order chi connectivity index (χ0) is 36.2.